The van der Waals surface area contributed by atoms with E-state index < -0.39 is 0 Å². The number of hydrogen-bond donors (Lipinski definition) is 1. The first kappa shape index (κ1) is 20.2. The standard InChI is InChI=1S/C21H25NO5/c1-5-26-19-10-8-16(14-20(19)27-6-2)22-21(23)12-7-15-13-17(24-3)9-11-18(15)25-4/h7-14H,5-6H2,1-4H3,(H,22,23)/b12-7+. The van der Waals surface area contributed by atoms with Gasteiger partial charge in [0, 0.05) is 23.4 Å². The summed E-state index contributed by atoms with van der Waals surface area (Å²) < 4.78 is 21.6. The Kier molecular flexibility index (Phi) is 7.55. The van der Waals surface area contributed by atoms with Crippen molar-refractivity contribution in [3.05, 3.63) is 48.0 Å². The summed E-state index contributed by atoms with van der Waals surface area (Å²) in [5.74, 6) is 2.30. The van der Waals surface area contributed by atoms with E-state index in [1.54, 1.807) is 56.7 Å². The molecule has 0 aromatic heterocycles. The van der Waals surface area contributed by atoms with Crippen LogP contribution in [0.5, 0.6) is 23.0 Å². The highest BCUT2D eigenvalue weighted by Gasteiger charge is 2.08. The SMILES string of the molecule is CCOc1ccc(NC(=O)/C=C/c2cc(OC)ccc2OC)cc1OCC. The largest absolute Gasteiger partial charge is 0.497 e. The van der Waals surface area contributed by atoms with E-state index in [1.807, 2.05) is 13.8 Å². The molecule has 0 spiro atoms. The summed E-state index contributed by atoms with van der Waals surface area (Å²) in [6.07, 6.45) is 3.11. The second kappa shape index (κ2) is 10.1. The minimum atomic E-state index is -0.272. The normalized spacial score (nSPS) is 10.5. The summed E-state index contributed by atoms with van der Waals surface area (Å²) in [5, 5.41) is 2.81. The van der Waals surface area contributed by atoms with E-state index in [2.05, 4.69) is 5.32 Å². The molecule has 0 aliphatic heterocycles. The summed E-state index contributed by atoms with van der Waals surface area (Å²) in [4.78, 5) is 12.3. The quantitative estimate of drug-likeness (QED) is 0.671. The Morgan fingerprint density at radius 3 is 2.30 bits per heavy atom. The van der Waals surface area contributed by atoms with E-state index in [-0.39, 0.29) is 5.91 Å². The Morgan fingerprint density at radius 1 is 0.926 bits per heavy atom. The lowest BCUT2D eigenvalue weighted by molar-refractivity contribution is -0.111. The fourth-order valence-electron chi connectivity index (χ4n) is 2.45. The van der Waals surface area contributed by atoms with Gasteiger partial charge in [-0.3, -0.25) is 4.79 Å². The Labute approximate surface area is 159 Å². The number of ether oxygens (including phenoxy) is 4. The molecule has 1 N–H and O–H groups in total. The molecule has 2 aromatic carbocycles. The summed E-state index contributed by atoms with van der Waals surface area (Å²) in [7, 11) is 3.16. The zero-order valence-electron chi connectivity index (χ0n) is 16.1. The molecule has 0 aliphatic rings. The lowest BCUT2D eigenvalue weighted by Gasteiger charge is -2.12. The molecule has 6 nitrogen and oxygen atoms in total. The average molecular weight is 371 g/mol. The molecular formula is C21H25NO5. The molecule has 0 atom stereocenters. The number of methoxy groups -OCH3 is 2. The molecule has 0 unspecified atom stereocenters. The van der Waals surface area contributed by atoms with Crippen LogP contribution < -0.4 is 24.3 Å². The molecule has 0 saturated carbocycles. The molecule has 0 fully saturated rings. The van der Waals surface area contributed by atoms with Crippen LogP contribution in [-0.4, -0.2) is 33.3 Å². The van der Waals surface area contributed by atoms with Gasteiger partial charge in [0.25, 0.3) is 0 Å². The highest BCUT2D eigenvalue weighted by Crippen LogP contribution is 2.30. The van der Waals surface area contributed by atoms with Crippen molar-refractivity contribution in [2.75, 3.05) is 32.8 Å². The van der Waals surface area contributed by atoms with E-state index in [0.717, 1.165) is 5.56 Å². The maximum atomic E-state index is 12.3. The van der Waals surface area contributed by atoms with E-state index in [0.29, 0.717) is 41.9 Å². The molecule has 0 aliphatic carbocycles. The van der Waals surface area contributed by atoms with E-state index in [9.17, 15) is 4.79 Å². The number of hydrogen-bond acceptors (Lipinski definition) is 5. The Morgan fingerprint density at radius 2 is 1.63 bits per heavy atom. The van der Waals surface area contributed by atoms with Crippen molar-refractivity contribution in [1.82, 2.24) is 0 Å². The number of benzene rings is 2. The lowest BCUT2D eigenvalue weighted by atomic mass is 10.1. The molecule has 2 aromatic rings. The number of nitrogens with one attached hydrogen (secondary N) is 1. The third kappa shape index (κ3) is 5.67. The molecular weight excluding hydrogens is 346 g/mol. The van der Waals surface area contributed by atoms with Crippen LogP contribution in [0.15, 0.2) is 42.5 Å². The second-order valence-corrected chi connectivity index (χ2v) is 5.46. The first-order valence-electron chi connectivity index (χ1n) is 8.72. The fraction of sp³-hybridized carbons (Fsp3) is 0.286. The number of carbonyl (C=O) groups is 1. The monoisotopic (exact) mass is 371 g/mol. The molecule has 0 radical (unpaired) electrons. The number of carbonyl (C=O) groups excluding carboxylic acids is 1. The van der Waals surface area contributed by atoms with Gasteiger partial charge in [0.05, 0.1) is 27.4 Å². The van der Waals surface area contributed by atoms with Gasteiger partial charge in [-0.05, 0) is 50.3 Å². The van der Waals surface area contributed by atoms with Gasteiger partial charge in [-0.1, -0.05) is 0 Å². The Bertz CT molecular complexity index is 801. The zero-order valence-corrected chi connectivity index (χ0v) is 16.1. The van der Waals surface area contributed by atoms with Crippen LogP contribution in [0.2, 0.25) is 0 Å². The molecule has 1 amide bonds. The van der Waals surface area contributed by atoms with Gasteiger partial charge in [-0.25, -0.2) is 0 Å². The van der Waals surface area contributed by atoms with Crippen molar-refractivity contribution in [3.8, 4) is 23.0 Å². The van der Waals surface area contributed by atoms with Crippen LogP contribution in [0.3, 0.4) is 0 Å². The van der Waals surface area contributed by atoms with Gasteiger partial charge >= 0.3 is 0 Å². The Hall–Kier alpha value is -3.15. The summed E-state index contributed by atoms with van der Waals surface area (Å²) in [5.41, 5.74) is 1.36. The topological polar surface area (TPSA) is 66.0 Å². The van der Waals surface area contributed by atoms with Gasteiger partial charge in [0.1, 0.15) is 11.5 Å². The van der Waals surface area contributed by atoms with Gasteiger partial charge in [0.15, 0.2) is 11.5 Å². The van der Waals surface area contributed by atoms with Crippen molar-refractivity contribution >= 4 is 17.7 Å². The maximum absolute atomic E-state index is 12.3. The second-order valence-electron chi connectivity index (χ2n) is 5.46. The molecule has 2 rings (SSSR count). The van der Waals surface area contributed by atoms with Gasteiger partial charge in [-0.15, -0.1) is 0 Å². The van der Waals surface area contributed by atoms with Crippen molar-refractivity contribution < 1.29 is 23.7 Å². The first-order valence-corrected chi connectivity index (χ1v) is 8.72. The lowest BCUT2D eigenvalue weighted by Crippen LogP contribution is -2.08. The minimum absolute atomic E-state index is 0.272. The molecule has 0 heterocycles. The van der Waals surface area contributed by atoms with Crippen molar-refractivity contribution in [2.24, 2.45) is 0 Å². The van der Waals surface area contributed by atoms with Crippen LogP contribution >= 0.6 is 0 Å². The first-order chi connectivity index (χ1) is 13.1. The number of amides is 1. The highest BCUT2D eigenvalue weighted by atomic mass is 16.5. The minimum Gasteiger partial charge on any atom is -0.497 e. The van der Waals surface area contributed by atoms with Gasteiger partial charge < -0.3 is 24.3 Å². The molecule has 27 heavy (non-hydrogen) atoms. The summed E-state index contributed by atoms with van der Waals surface area (Å²) in [6, 6.07) is 10.7. The van der Waals surface area contributed by atoms with E-state index >= 15 is 0 Å². The van der Waals surface area contributed by atoms with Crippen molar-refractivity contribution in [3.63, 3.8) is 0 Å². The van der Waals surface area contributed by atoms with Crippen LogP contribution in [0.1, 0.15) is 19.4 Å². The van der Waals surface area contributed by atoms with Crippen LogP contribution in [0.4, 0.5) is 5.69 Å². The summed E-state index contributed by atoms with van der Waals surface area (Å²) >= 11 is 0. The number of rotatable bonds is 9. The zero-order chi connectivity index (χ0) is 19.6. The highest BCUT2D eigenvalue weighted by molar-refractivity contribution is 6.02. The maximum Gasteiger partial charge on any atom is 0.248 e. The fourth-order valence-corrected chi connectivity index (χ4v) is 2.45. The van der Waals surface area contributed by atoms with Crippen molar-refractivity contribution in [1.29, 1.82) is 0 Å². The molecule has 0 bridgehead atoms. The van der Waals surface area contributed by atoms with Crippen LogP contribution in [0.25, 0.3) is 6.08 Å². The molecule has 0 saturated heterocycles. The number of anilines is 1. The van der Waals surface area contributed by atoms with Crippen LogP contribution in [-0.2, 0) is 4.79 Å². The predicted octanol–water partition coefficient (Wildman–Crippen LogP) is 4.15. The smallest absolute Gasteiger partial charge is 0.248 e. The van der Waals surface area contributed by atoms with E-state index in [1.165, 1.54) is 6.08 Å². The molecule has 6 heteroatoms. The Balaban J connectivity index is 2.13. The molecule has 144 valence electrons. The third-order valence-electron chi connectivity index (χ3n) is 3.66. The van der Waals surface area contributed by atoms with Crippen molar-refractivity contribution in [2.45, 2.75) is 13.8 Å². The van der Waals surface area contributed by atoms with E-state index in [4.69, 9.17) is 18.9 Å². The third-order valence-corrected chi connectivity index (χ3v) is 3.66. The van der Waals surface area contributed by atoms with Gasteiger partial charge in [-0.2, -0.15) is 0 Å². The predicted molar refractivity (Wildman–Crippen MR) is 106 cm³/mol. The van der Waals surface area contributed by atoms with Gasteiger partial charge in [0.2, 0.25) is 5.91 Å². The summed E-state index contributed by atoms with van der Waals surface area (Å²) in [6.45, 7) is 4.85. The van der Waals surface area contributed by atoms with Crippen LogP contribution in [0, 0.1) is 0 Å². The average Bonchev–Trinajstić information content (AvgIpc) is 2.68.